The number of aromatic nitrogens is 3. The molecule has 2 heterocycles. The van der Waals surface area contributed by atoms with Crippen LogP contribution in [0.15, 0.2) is 43.1 Å². The Morgan fingerprint density at radius 3 is 2.79 bits per heavy atom. The highest BCUT2D eigenvalue weighted by Gasteiger charge is 1.97. The molecule has 0 unspecified atom stereocenters. The largest absolute Gasteiger partial charge is 0.264 e. The molecular weight excluding hydrogens is 174 g/mol. The molecule has 0 fully saturated rings. The summed E-state index contributed by atoms with van der Waals surface area (Å²) in [5.74, 6) is 0. The van der Waals surface area contributed by atoms with Gasteiger partial charge in [0.1, 0.15) is 6.33 Å². The van der Waals surface area contributed by atoms with Crippen molar-refractivity contribution in [3.05, 3.63) is 43.1 Å². The van der Waals surface area contributed by atoms with Gasteiger partial charge in [0, 0.05) is 29.4 Å². The fraction of sp³-hybridized carbons (Fsp3) is 0. The smallest absolute Gasteiger partial charge is 0.116 e. The van der Waals surface area contributed by atoms with Crippen LogP contribution < -0.4 is 0 Å². The minimum Gasteiger partial charge on any atom is -0.264 e. The first-order valence-electron chi connectivity index (χ1n) is 4.37. The normalized spacial score (nSPS) is 10.9. The first-order valence-corrected chi connectivity index (χ1v) is 4.37. The van der Waals surface area contributed by atoms with Gasteiger partial charge in [0.25, 0.3) is 0 Å². The summed E-state index contributed by atoms with van der Waals surface area (Å²) in [6.45, 7) is 0. The molecule has 3 nitrogen and oxygen atoms in total. The summed E-state index contributed by atoms with van der Waals surface area (Å²) in [7, 11) is 0. The Balaban J connectivity index is 2.52. The van der Waals surface area contributed by atoms with Crippen LogP contribution in [0.2, 0.25) is 0 Å². The quantitative estimate of drug-likeness (QED) is 0.499. The highest BCUT2D eigenvalue weighted by atomic mass is 14.8. The first-order chi connectivity index (χ1) is 6.93. The molecule has 0 spiro atoms. The minimum absolute atomic E-state index is 0.971. The van der Waals surface area contributed by atoms with E-state index in [9.17, 15) is 0 Å². The van der Waals surface area contributed by atoms with Crippen molar-refractivity contribution in [2.45, 2.75) is 0 Å². The number of rotatable bonds is 0. The second kappa shape index (κ2) is 2.73. The van der Waals surface area contributed by atoms with Gasteiger partial charge in [-0.15, -0.1) is 0 Å². The minimum atomic E-state index is 0.971. The second-order valence-corrected chi connectivity index (χ2v) is 3.16. The van der Waals surface area contributed by atoms with Crippen molar-refractivity contribution in [3.63, 3.8) is 0 Å². The van der Waals surface area contributed by atoms with Gasteiger partial charge in [0.05, 0.1) is 5.52 Å². The van der Waals surface area contributed by atoms with Crippen molar-refractivity contribution in [2.75, 3.05) is 0 Å². The maximum atomic E-state index is 4.20. The van der Waals surface area contributed by atoms with Crippen LogP contribution in [0, 0.1) is 0 Å². The van der Waals surface area contributed by atoms with Crippen LogP contribution in [0.1, 0.15) is 0 Å². The lowest BCUT2D eigenvalue weighted by Gasteiger charge is -1.99. The Kier molecular flexibility index (Phi) is 1.44. The average molecular weight is 181 g/mol. The Morgan fingerprint density at radius 2 is 1.79 bits per heavy atom. The molecule has 0 amide bonds. The van der Waals surface area contributed by atoms with E-state index in [0.29, 0.717) is 0 Å². The molecule has 1 aromatic carbocycles. The third-order valence-electron chi connectivity index (χ3n) is 2.26. The van der Waals surface area contributed by atoms with Gasteiger partial charge in [0.15, 0.2) is 0 Å². The van der Waals surface area contributed by atoms with Crippen molar-refractivity contribution >= 4 is 21.7 Å². The molecule has 66 valence electrons. The molecule has 0 atom stereocenters. The molecule has 0 saturated heterocycles. The molecule has 0 aliphatic heterocycles. The van der Waals surface area contributed by atoms with E-state index in [-0.39, 0.29) is 0 Å². The summed E-state index contributed by atoms with van der Waals surface area (Å²) in [6, 6.07) is 6.09. The predicted octanol–water partition coefficient (Wildman–Crippen LogP) is 2.18. The fourth-order valence-electron chi connectivity index (χ4n) is 1.57. The number of nitrogens with zero attached hydrogens (tertiary/aromatic N) is 3. The van der Waals surface area contributed by atoms with Crippen LogP contribution >= 0.6 is 0 Å². The maximum absolute atomic E-state index is 4.20. The number of hydrogen-bond donors (Lipinski definition) is 0. The average Bonchev–Trinajstić information content (AvgIpc) is 2.26. The van der Waals surface area contributed by atoms with E-state index in [4.69, 9.17) is 0 Å². The van der Waals surface area contributed by atoms with Crippen LogP contribution in [-0.4, -0.2) is 15.0 Å². The number of hydrogen-bond acceptors (Lipinski definition) is 3. The zero-order valence-corrected chi connectivity index (χ0v) is 7.38. The molecule has 14 heavy (non-hydrogen) atoms. The lowest BCUT2D eigenvalue weighted by molar-refractivity contribution is 1.22. The maximum Gasteiger partial charge on any atom is 0.116 e. The SMILES string of the molecule is c1cc2cc3ncncc3cc2cn1. The van der Waals surface area contributed by atoms with Crippen molar-refractivity contribution < 1.29 is 0 Å². The molecule has 0 aliphatic carbocycles. The summed E-state index contributed by atoms with van der Waals surface area (Å²) in [5.41, 5.74) is 0.971. The molecule has 0 radical (unpaired) electrons. The van der Waals surface area contributed by atoms with Crippen molar-refractivity contribution in [1.82, 2.24) is 15.0 Å². The van der Waals surface area contributed by atoms with E-state index in [2.05, 4.69) is 21.0 Å². The van der Waals surface area contributed by atoms with Crippen molar-refractivity contribution in [2.24, 2.45) is 0 Å². The topological polar surface area (TPSA) is 38.7 Å². The van der Waals surface area contributed by atoms with Gasteiger partial charge in [-0.3, -0.25) is 4.98 Å². The second-order valence-electron chi connectivity index (χ2n) is 3.16. The standard InChI is InChI=1S/C11H7N3/c1-2-12-5-9-3-10-6-13-7-14-11(10)4-8(1)9/h1-7H. The Morgan fingerprint density at radius 1 is 0.857 bits per heavy atom. The number of benzene rings is 1. The molecule has 3 rings (SSSR count). The molecule has 0 aliphatic rings. The highest BCUT2D eigenvalue weighted by molar-refractivity contribution is 5.95. The third kappa shape index (κ3) is 1.03. The highest BCUT2D eigenvalue weighted by Crippen LogP contribution is 2.19. The monoisotopic (exact) mass is 181 g/mol. The van der Waals surface area contributed by atoms with Crippen molar-refractivity contribution in [1.29, 1.82) is 0 Å². The van der Waals surface area contributed by atoms with Gasteiger partial charge >= 0.3 is 0 Å². The Labute approximate surface area is 80.5 Å². The van der Waals surface area contributed by atoms with Crippen LogP contribution in [-0.2, 0) is 0 Å². The summed E-state index contributed by atoms with van der Waals surface area (Å²) < 4.78 is 0. The number of pyridine rings is 1. The zero-order chi connectivity index (χ0) is 9.38. The summed E-state index contributed by atoms with van der Waals surface area (Å²) in [5, 5.41) is 3.33. The van der Waals surface area contributed by atoms with Crippen LogP contribution in [0.5, 0.6) is 0 Å². The van der Waals surface area contributed by atoms with Gasteiger partial charge in [0.2, 0.25) is 0 Å². The lowest BCUT2D eigenvalue weighted by atomic mass is 10.1. The zero-order valence-electron chi connectivity index (χ0n) is 7.38. The molecular formula is C11H7N3. The van der Waals surface area contributed by atoms with E-state index in [0.717, 1.165) is 21.7 Å². The fourth-order valence-corrected chi connectivity index (χ4v) is 1.57. The van der Waals surface area contributed by atoms with E-state index < -0.39 is 0 Å². The summed E-state index contributed by atoms with van der Waals surface area (Å²) >= 11 is 0. The van der Waals surface area contributed by atoms with E-state index in [1.165, 1.54) is 0 Å². The van der Waals surface area contributed by atoms with Crippen LogP contribution in [0.3, 0.4) is 0 Å². The Hall–Kier alpha value is -2.03. The first kappa shape index (κ1) is 7.38. The summed E-state index contributed by atoms with van der Waals surface area (Å²) in [4.78, 5) is 12.3. The molecule has 2 aromatic heterocycles. The van der Waals surface area contributed by atoms with E-state index in [1.54, 1.807) is 12.5 Å². The van der Waals surface area contributed by atoms with E-state index in [1.807, 2.05) is 24.5 Å². The van der Waals surface area contributed by atoms with Crippen LogP contribution in [0.4, 0.5) is 0 Å². The molecule has 0 bridgehead atoms. The molecule has 0 saturated carbocycles. The van der Waals surface area contributed by atoms with Gasteiger partial charge in [-0.05, 0) is 23.6 Å². The van der Waals surface area contributed by atoms with Gasteiger partial charge in [-0.2, -0.15) is 0 Å². The van der Waals surface area contributed by atoms with Gasteiger partial charge < -0.3 is 0 Å². The summed E-state index contributed by atoms with van der Waals surface area (Å²) in [6.07, 6.45) is 7.02. The van der Waals surface area contributed by atoms with Crippen LogP contribution in [0.25, 0.3) is 21.7 Å². The molecule has 3 heteroatoms. The van der Waals surface area contributed by atoms with Gasteiger partial charge in [-0.25, -0.2) is 9.97 Å². The number of fused-ring (bicyclic) bond motifs is 2. The van der Waals surface area contributed by atoms with Crippen molar-refractivity contribution in [3.8, 4) is 0 Å². The Bertz CT molecular complexity index is 499. The third-order valence-corrected chi connectivity index (χ3v) is 2.26. The predicted molar refractivity (Wildman–Crippen MR) is 54.8 cm³/mol. The molecule has 0 N–H and O–H groups in total. The van der Waals surface area contributed by atoms with E-state index >= 15 is 0 Å². The van der Waals surface area contributed by atoms with Gasteiger partial charge in [-0.1, -0.05) is 0 Å². The molecule has 3 aromatic rings. The lowest BCUT2D eigenvalue weighted by Crippen LogP contribution is -1.82.